The summed E-state index contributed by atoms with van der Waals surface area (Å²) < 4.78 is 0. The summed E-state index contributed by atoms with van der Waals surface area (Å²) in [4.78, 5) is 11.2. The average molecular weight is 155 g/mol. The van der Waals surface area contributed by atoms with Crippen molar-refractivity contribution in [2.75, 3.05) is 7.05 Å². The van der Waals surface area contributed by atoms with Crippen molar-refractivity contribution in [3.8, 4) is 0 Å². The lowest BCUT2D eigenvalue weighted by molar-refractivity contribution is -0.122. The molecule has 1 fully saturated rings. The van der Waals surface area contributed by atoms with E-state index in [9.17, 15) is 4.79 Å². The number of hydrogen-bond donors (Lipinski definition) is 1. The van der Waals surface area contributed by atoms with Crippen LogP contribution in [0.3, 0.4) is 0 Å². The van der Waals surface area contributed by atoms with Gasteiger partial charge < -0.3 is 5.32 Å². The topological polar surface area (TPSA) is 29.1 Å². The van der Waals surface area contributed by atoms with Crippen LogP contribution in [0.2, 0.25) is 0 Å². The van der Waals surface area contributed by atoms with Gasteiger partial charge in [0.25, 0.3) is 0 Å². The maximum atomic E-state index is 11.2. The Labute approximate surface area is 68.4 Å². The van der Waals surface area contributed by atoms with Crippen LogP contribution in [0.4, 0.5) is 0 Å². The van der Waals surface area contributed by atoms with Crippen LogP contribution in [0.5, 0.6) is 0 Å². The predicted octanol–water partition coefficient (Wildman–Crippen LogP) is 1.56. The molecule has 0 aliphatic heterocycles. The monoisotopic (exact) mass is 155 g/mol. The van der Waals surface area contributed by atoms with Crippen molar-refractivity contribution in [1.29, 1.82) is 0 Å². The Morgan fingerprint density at radius 3 is 2.36 bits per heavy atom. The normalized spacial score (nSPS) is 26.3. The van der Waals surface area contributed by atoms with Crippen LogP contribution in [-0.4, -0.2) is 13.0 Å². The number of amides is 1. The van der Waals surface area contributed by atoms with Crippen LogP contribution in [0.15, 0.2) is 0 Å². The van der Waals surface area contributed by atoms with E-state index in [2.05, 4.69) is 19.2 Å². The zero-order valence-corrected chi connectivity index (χ0v) is 7.61. The Bertz CT molecular complexity index is 161. The summed E-state index contributed by atoms with van der Waals surface area (Å²) in [6, 6.07) is 0. The molecule has 1 amide bonds. The molecule has 1 saturated carbocycles. The Balaban J connectivity index is 2.50. The molecule has 0 spiro atoms. The van der Waals surface area contributed by atoms with Crippen molar-refractivity contribution in [2.45, 2.75) is 33.1 Å². The molecule has 0 radical (unpaired) electrons. The quantitative estimate of drug-likeness (QED) is 0.658. The molecular weight excluding hydrogens is 138 g/mol. The molecule has 0 saturated heterocycles. The standard InChI is InChI=1S/C9H17NO/c1-4-9(5-2)6-7(9)8(11)10-3/h7H,4-6H2,1-3H3,(H,10,11). The number of nitrogens with one attached hydrogen (secondary N) is 1. The van der Waals surface area contributed by atoms with Gasteiger partial charge in [0.2, 0.25) is 5.91 Å². The van der Waals surface area contributed by atoms with Crippen LogP contribution in [0, 0.1) is 11.3 Å². The van der Waals surface area contributed by atoms with Gasteiger partial charge in [-0.05, 0) is 24.7 Å². The van der Waals surface area contributed by atoms with Gasteiger partial charge in [0, 0.05) is 13.0 Å². The number of carbonyl (C=O) groups excluding carboxylic acids is 1. The van der Waals surface area contributed by atoms with E-state index in [1.54, 1.807) is 7.05 Å². The van der Waals surface area contributed by atoms with E-state index in [1.807, 2.05) is 0 Å². The third-order valence-electron chi connectivity index (χ3n) is 3.16. The van der Waals surface area contributed by atoms with Crippen molar-refractivity contribution >= 4 is 5.91 Å². The van der Waals surface area contributed by atoms with Gasteiger partial charge in [-0.1, -0.05) is 13.8 Å². The first-order valence-electron chi connectivity index (χ1n) is 4.41. The second-order valence-corrected chi connectivity index (χ2v) is 3.44. The molecular formula is C9H17NO. The van der Waals surface area contributed by atoms with E-state index in [4.69, 9.17) is 0 Å². The first-order valence-corrected chi connectivity index (χ1v) is 4.41. The zero-order valence-electron chi connectivity index (χ0n) is 7.61. The Hall–Kier alpha value is -0.530. The Morgan fingerprint density at radius 1 is 1.55 bits per heavy atom. The highest BCUT2D eigenvalue weighted by Gasteiger charge is 2.54. The summed E-state index contributed by atoms with van der Waals surface area (Å²) in [6.45, 7) is 4.35. The molecule has 64 valence electrons. The van der Waals surface area contributed by atoms with Crippen LogP contribution in [-0.2, 0) is 4.79 Å². The van der Waals surface area contributed by atoms with Crippen LogP contribution in [0.25, 0.3) is 0 Å². The van der Waals surface area contributed by atoms with Crippen LogP contribution >= 0.6 is 0 Å². The van der Waals surface area contributed by atoms with Crippen molar-refractivity contribution in [3.63, 3.8) is 0 Å². The van der Waals surface area contributed by atoms with E-state index in [0.717, 1.165) is 19.3 Å². The third-order valence-corrected chi connectivity index (χ3v) is 3.16. The average Bonchev–Trinajstić information content (AvgIpc) is 2.78. The van der Waals surface area contributed by atoms with Crippen molar-refractivity contribution in [1.82, 2.24) is 5.32 Å². The lowest BCUT2D eigenvalue weighted by atomic mass is 9.97. The van der Waals surface area contributed by atoms with E-state index in [1.165, 1.54) is 0 Å². The molecule has 1 unspecified atom stereocenters. The highest BCUT2D eigenvalue weighted by atomic mass is 16.2. The van der Waals surface area contributed by atoms with E-state index < -0.39 is 0 Å². The molecule has 0 heterocycles. The SMILES string of the molecule is CCC1(CC)CC1C(=O)NC. The summed E-state index contributed by atoms with van der Waals surface area (Å²) >= 11 is 0. The van der Waals surface area contributed by atoms with Gasteiger partial charge in [-0.2, -0.15) is 0 Å². The Kier molecular flexibility index (Phi) is 2.21. The van der Waals surface area contributed by atoms with Crippen molar-refractivity contribution in [2.24, 2.45) is 11.3 Å². The van der Waals surface area contributed by atoms with Gasteiger partial charge in [-0.15, -0.1) is 0 Å². The molecule has 0 aromatic rings. The molecule has 1 aliphatic rings. The molecule has 1 atom stereocenters. The lowest BCUT2D eigenvalue weighted by Crippen LogP contribution is -2.22. The summed E-state index contributed by atoms with van der Waals surface area (Å²) in [5, 5.41) is 2.71. The zero-order chi connectivity index (χ0) is 8.48. The summed E-state index contributed by atoms with van der Waals surface area (Å²) in [7, 11) is 1.72. The summed E-state index contributed by atoms with van der Waals surface area (Å²) in [5.74, 6) is 0.538. The highest BCUT2D eigenvalue weighted by Crippen LogP contribution is 2.57. The van der Waals surface area contributed by atoms with Crippen molar-refractivity contribution in [3.05, 3.63) is 0 Å². The smallest absolute Gasteiger partial charge is 0.223 e. The fourth-order valence-electron chi connectivity index (χ4n) is 1.92. The van der Waals surface area contributed by atoms with Gasteiger partial charge in [0.05, 0.1) is 0 Å². The highest BCUT2D eigenvalue weighted by molar-refractivity contribution is 5.82. The molecule has 0 aromatic carbocycles. The van der Waals surface area contributed by atoms with E-state index in [-0.39, 0.29) is 5.91 Å². The minimum Gasteiger partial charge on any atom is -0.359 e. The molecule has 11 heavy (non-hydrogen) atoms. The second kappa shape index (κ2) is 2.84. The molecule has 2 nitrogen and oxygen atoms in total. The number of hydrogen-bond acceptors (Lipinski definition) is 1. The summed E-state index contributed by atoms with van der Waals surface area (Å²) in [6.07, 6.45) is 3.38. The minimum absolute atomic E-state index is 0.230. The van der Waals surface area contributed by atoms with Crippen LogP contribution < -0.4 is 5.32 Å². The fourth-order valence-corrected chi connectivity index (χ4v) is 1.92. The first-order chi connectivity index (χ1) is 5.20. The lowest BCUT2D eigenvalue weighted by Gasteiger charge is -2.10. The maximum absolute atomic E-state index is 11.2. The van der Waals surface area contributed by atoms with E-state index >= 15 is 0 Å². The molecule has 2 heteroatoms. The largest absolute Gasteiger partial charge is 0.359 e. The van der Waals surface area contributed by atoms with Gasteiger partial charge in [-0.25, -0.2) is 0 Å². The number of rotatable bonds is 3. The fraction of sp³-hybridized carbons (Fsp3) is 0.889. The molecule has 0 aromatic heterocycles. The molecule has 1 rings (SSSR count). The van der Waals surface area contributed by atoms with Crippen molar-refractivity contribution < 1.29 is 4.79 Å². The predicted molar refractivity (Wildman–Crippen MR) is 45.2 cm³/mol. The maximum Gasteiger partial charge on any atom is 0.223 e. The second-order valence-electron chi connectivity index (χ2n) is 3.44. The minimum atomic E-state index is 0.230. The molecule has 0 bridgehead atoms. The molecule has 1 aliphatic carbocycles. The van der Waals surface area contributed by atoms with Gasteiger partial charge >= 0.3 is 0 Å². The number of carbonyl (C=O) groups is 1. The third kappa shape index (κ3) is 1.26. The van der Waals surface area contributed by atoms with Gasteiger partial charge in [-0.3, -0.25) is 4.79 Å². The van der Waals surface area contributed by atoms with Gasteiger partial charge in [0.1, 0.15) is 0 Å². The molecule has 1 N–H and O–H groups in total. The Morgan fingerprint density at radius 2 is 2.09 bits per heavy atom. The van der Waals surface area contributed by atoms with Gasteiger partial charge in [0.15, 0.2) is 0 Å². The summed E-state index contributed by atoms with van der Waals surface area (Å²) in [5.41, 5.74) is 0.361. The van der Waals surface area contributed by atoms with E-state index in [0.29, 0.717) is 11.3 Å². The first kappa shape index (κ1) is 8.57. The van der Waals surface area contributed by atoms with Crippen LogP contribution in [0.1, 0.15) is 33.1 Å².